The maximum atomic E-state index is 12.5. The van der Waals surface area contributed by atoms with Crippen molar-refractivity contribution in [2.24, 2.45) is 0 Å². The molecular formula is C13H14ClIN2O2. The molecule has 0 saturated carbocycles. The summed E-state index contributed by atoms with van der Waals surface area (Å²) in [6, 6.07) is 5.51. The number of nitrogens with one attached hydrogen (secondary N) is 1. The zero-order valence-electron chi connectivity index (χ0n) is 10.7. The monoisotopic (exact) mass is 392 g/mol. The standard InChI is InChI=1S/C13H14ClIN2O2/c1-13(2)12(19)17(6-5-11(18)16-13)10-4-3-8(15)7-9(10)14/h3-4,7H,5-6H2,1-2H3,(H,16,18). The molecule has 0 atom stereocenters. The van der Waals surface area contributed by atoms with Crippen LogP contribution in [0.5, 0.6) is 0 Å². The minimum absolute atomic E-state index is 0.123. The van der Waals surface area contributed by atoms with Crippen LogP contribution < -0.4 is 10.2 Å². The van der Waals surface area contributed by atoms with E-state index in [0.717, 1.165) is 3.57 Å². The van der Waals surface area contributed by atoms with E-state index in [1.54, 1.807) is 24.8 Å². The molecule has 0 aromatic heterocycles. The Hall–Kier alpha value is -0.820. The maximum absolute atomic E-state index is 12.5. The third kappa shape index (κ3) is 3.02. The largest absolute Gasteiger partial charge is 0.342 e. The molecule has 2 rings (SSSR count). The van der Waals surface area contributed by atoms with Crippen molar-refractivity contribution in [2.75, 3.05) is 11.4 Å². The van der Waals surface area contributed by atoms with E-state index in [-0.39, 0.29) is 18.2 Å². The van der Waals surface area contributed by atoms with Crippen molar-refractivity contribution in [3.63, 3.8) is 0 Å². The van der Waals surface area contributed by atoms with Gasteiger partial charge >= 0.3 is 0 Å². The first-order chi connectivity index (χ1) is 8.81. The summed E-state index contributed by atoms with van der Waals surface area (Å²) in [6.07, 6.45) is 0.275. The van der Waals surface area contributed by atoms with E-state index in [4.69, 9.17) is 11.6 Å². The highest BCUT2D eigenvalue weighted by Gasteiger charge is 2.37. The van der Waals surface area contributed by atoms with E-state index in [1.807, 2.05) is 12.1 Å². The lowest BCUT2D eigenvalue weighted by atomic mass is 10.0. The smallest absolute Gasteiger partial charge is 0.252 e. The Labute approximate surface area is 130 Å². The molecule has 0 spiro atoms. The van der Waals surface area contributed by atoms with Crippen molar-refractivity contribution in [1.29, 1.82) is 0 Å². The zero-order chi connectivity index (χ0) is 14.2. The zero-order valence-corrected chi connectivity index (χ0v) is 13.6. The van der Waals surface area contributed by atoms with Gasteiger partial charge in [-0.25, -0.2) is 0 Å². The fourth-order valence-electron chi connectivity index (χ4n) is 2.05. The van der Waals surface area contributed by atoms with E-state index < -0.39 is 5.54 Å². The molecule has 6 heteroatoms. The molecule has 1 saturated heterocycles. The van der Waals surface area contributed by atoms with Gasteiger partial charge in [0.05, 0.1) is 10.7 Å². The average Bonchev–Trinajstić information content (AvgIpc) is 2.38. The van der Waals surface area contributed by atoms with Gasteiger partial charge in [-0.05, 0) is 54.6 Å². The Morgan fingerprint density at radius 2 is 2.05 bits per heavy atom. The number of hydrogen-bond acceptors (Lipinski definition) is 2. The number of nitrogens with zero attached hydrogens (tertiary/aromatic N) is 1. The first-order valence-corrected chi connectivity index (χ1v) is 7.35. The first-order valence-electron chi connectivity index (χ1n) is 5.89. The lowest BCUT2D eigenvalue weighted by Gasteiger charge is -2.29. The summed E-state index contributed by atoms with van der Waals surface area (Å²) in [4.78, 5) is 25.7. The van der Waals surface area contributed by atoms with Crippen molar-refractivity contribution in [2.45, 2.75) is 25.8 Å². The summed E-state index contributed by atoms with van der Waals surface area (Å²) in [5.74, 6) is -0.274. The second-order valence-electron chi connectivity index (χ2n) is 4.98. The van der Waals surface area contributed by atoms with Crippen molar-refractivity contribution >= 4 is 51.7 Å². The fraction of sp³-hybridized carbons (Fsp3) is 0.385. The minimum Gasteiger partial charge on any atom is -0.342 e. The molecule has 1 aliphatic heterocycles. The van der Waals surface area contributed by atoms with Crippen LogP contribution in [-0.4, -0.2) is 23.9 Å². The molecule has 0 radical (unpaired) electrons. The third-order valence-electron chi connectivity index (χ3n) is 2.99. The van der Waals surface area contributed by atoms with Gasteiger partial charge in [-0.2, -0.15) is 0 Å². The van der Waals surface area contributed by atoms with Crippen LogP contribution in [0.2, 0.25) is 5.02 Å². The highest BCUT2D eigenvalue weighted by molar-refractivity contribution is 14.1. The van der Waals surface area contributed by atoms with Crippen molar-refractivity contribution in [1.82, 2.24) is 5.32 Å². The van der Waals surface area contributed by atoms with Crippen LogP contribution >= 0.6 is 34.2 Å². The predicted molar refractivity (Wildman–Crippen MR) is 83.4 cm³/mol. The number of benzene rings is 1. The SMILES string of the molecule is CC1(C)NC(=O)CCN(c2ccc(I)cc2Cl)C1=O. The lowest BCUT2D eigenvalue weighted by Crippen LogP contribution is -2.53. The van der Waals surface area contributed by atoms with Gasteiger partial charge in [-0.15, -0.1) is 0 Å². The van der Waals surface area contributed by atoms with Crippen molar-refractivity contribution < 1.29 is 9.59 Å². The van der Waals surface area contributed by atoms with Crippen LogP contribution in [-0.2, 0) is 9.59 Å². The molecule has 1 fully saturated rings. The van der Waals surface area contributed by atoms with Gasteiger partial charge in [-0.3, -0.25) is 9.59 Å². The van der Waals surface area contributed by atoms with Gasteiger partial charge in [-0.1, -0.05) is 11.6 Å². The molecule has 4 nitrogen and oxygen atoms in total. The molecule has 19 heavy (non-hydrogen) atoms. The second kappa shape index (κ2) is 5.28. The highest BCUT2D eigenvalue weighted by Crippen LogP contribution is 2.30. The van der Waals surface area contributed by atoms with Crippen LogP contribution in [0.1, 0.15) is 20.3 Å². The number of carbonyl (C=O) groups is 2. The number of anilines is 1. The Morgan fingerprint density at radius 1 is 1.37 bits per heavy atom. The number of amides is 2. The van der Waals surface area contributed by atoms with E-state index in [1.165, 1.54) is 0 Å². The fourth-order valence-corrected chi connectivity index (χ4v) is 3.00. The molecule has 0 bridgehead atoms. The second-order valence-corrected chi connectivity index (χ2v) is 6.63. The summed E-state index contributed by atoms with van der Waals surface area (Å²) in [7, 11) is 0. The first kappa shape index (κ1) is 14.6. The molecule has 1 aliphatic rings. The Bertz CT molecular complexity index is 545. The van der Waals surface area contributed by atoms with E-state index >= 15 is 0 Å². The third-order valence-corrected chi connectivity index (χ3v) is 3.97. The number of rotatable bonds is 1. The Kier molecular flexibility index (Phi) is 4.06. The summed E-state index contributed by atoms with van der Waals surface area (Å²) < 4.78 is 1.00. The van der Waals surface area contributed by atoms with Crippen LogP contribution in [0.4, 0.5) is 5.69 Å². The summed E-state index contributed by atoms with van der Waals surface area (Å²) >= 11 is 8.37. The molecule has 102 valence electrons. The molecular weight excluding hydrogens is 379 g/mol. The normalized spacial score (nSPS) is 19.1. The van der Waals surface area contributed by atoms with E-state index in [0.29, 0.717) is 17.3 Å². The summed E-state index contributed by atoms with van der Waals surface area (Å²) in [5, 5.41) is 3.24. The molecule has 1 heterocycles. The molecule has 2 amide bonds. The van der Waals surface area contributed by atoms with Crippen LogP contribution in [0.3, 0.4) is 0 Å². The molecule has 1 aromatic rings. The van der Waals surface area contributed by atoms with Gasteiger partial charge < -0.3 is 10.2 Å². The summed E-state index contributed by atoms with van der Waals surface area (Å²) in [5.41, 5.74) is -0.267. The Balaban J connectivity index is 2.42. The lowest BCUT2D eigenvalue weighted by molar-refractivity contribution is -0.128. The highest BCUT2D eigenvalue weighted by atomic mass is 127. The number of halogens is 2. The molecule has 1 N–H and O–H groups in total. The average molecular weight is 393 g/mol. The van der Waals surface area contributed by atoms with Crippen molar-refractivity contribution in [3.8, 4) is 0 Å². The number of hydrogen-bond donors (Lipinski definition) is 1. The van der Waals surface area contributed by atoms with Crippen LogP contribution in [0, 0.1) is 3.57 Å². The van der Waals surface area contributed by atoms with Crippen LogP contribution in [0.25, 0.3) is 0 Å². The molecule has 0 unspecified atom stereocenters. The molecule has 1 aromatic carbocycles. The Morgan fingerprint density at radius 3 is 2.68 bits per heavy atom. The van der Waals surface area contributed by atoms with E-state index in [9.17, 15) is 9.59 Å². The number of carbonyl (C=O) groups excluding carboxylic acids is 2. The maximum Gasteiger partial charge on any atom is 0.252 e. The van der Waals surface area contributed by atoms with Gasteiger partial charge in [0.15, 0.2) is 0 Å². The topological polar surface area (TPSA) is 49.4 Å². The summed E-state index contributed by atoms with van der Waals surface area (Å²) in [6.45, 7) is 3.74. The predicted octanol–water partition coefficient (Wildman–Crippen LogP) is 2.58. The minimum atomic E-state index is -0.917. The quantitative estimate of drug-likeness (QED) is 0.747. The molecule has 0 aliphatic carbocycles. The van der Waals surface area contributed by atoms with Crippen molar-refractivity contribution in [3.05, 3.63) is 26.8 Å². The van der Waals surface area contributed by atoms with Gasteiger partial charge in [0.1, 0.15) is 5.54 Å². The van der Waals surface area contributed by atoms with Gasteiger partial charge in [0.2, 0.25) is 5.91 Å². The van der Waals surface area contributed by atoms with E-state index in [2.05, 4.69) is 27.9 Å². The van der Waals surface area contributed by atoms with Crippen LogP contribution in [0.15, 0.2) is 18.2 Å². The van der Waals surface area contributed by atoms with Gasteiger partial charge in [0, 0.05) is 16.5 Å². The van der Waals surface area contributed by atoms with Gasteiger partial charge in [0.25, 0.3) is 5.91 Å².